The second-order valence-corrected chi connectivity index (χ2v) is 3.78. The van der Waals surface area contributed by atoms with Crippen LogP contribution in [0.3, 0.4) is 0 Å². The van der Waals surface area contributed by atoms with E-state index in [1.807, 2.05) is 6.08 Å². The molecule has 2 nitrogen and oxygen atoms in total. The van der Waals surface area contributed by atoms with Crippen LogP contribution in [0.15, 0.2) is 12.7 Å². The lowest BCUT2D eigenvalue weighted by molar-refractivity contribution is 0.101. The average Bonchev–Trinajstić information content (AvgIpc) is 2.02. The van der Waals surface area contributed by atoms with Gasteiger partial charge in [0.1, 0.15) is 0 Å². The van der Waals surface area contributed by atoms with Gasteiger partial charge in [0.05, 0.1) is 6.61 Å². The molecule has 0 saturated heterocycles. The summed E-state index contributed by atoms with van der Waals surface area (Å²) in [6.07, 6.45) is 8.27. The van der Waals surface area contributed by atoms with Crippen LogP contribution in [-0.4, -0.2) is 35.7 Å². The maximum absolute atomic E-state index is 8.90. The van der Waals surface area contributed by atoms with Crippen LogP contribution in [0.5, 0.6) is 0 Å². The number of hydrogen-bond acceptors (Lipinski definition) is 2. The van der Waals surface area contributed by atoms with Crippen molar-refractivity contribution in [3.8, 4) is 0 Å². The van der Waals surface area contributed by atoms with Gasteiger partial charge in [-0.05, 0) is 32.2 Å². The van der Waals surface area contributed by atoms with Crippen molar-refractivity contribution < 1.29 is 5.11 Å². The molecule has 0 radical (unpaired) electrons. The fourth-order valence-electron chi connectivity index (χ4n) is 1.80. The summed E-state index contributed by atoms with van der Waals surface area (Å²) >= 11 is 0. The predicted molar refractivity (Wildman–Crippen MR) is 55.7 cm³/mol. The summed E-state index contributed by atoms with van der Waals surface area (Å²) in [6.45, 7) is 5.98. The standard InChI is InChI=1S/C11H21NO/c1-2-3-4-8-12(9-10-13)11-6-5-7-11/h2,11,13H,1,3-10H2. The largest absolute Gasteiger partial charge is 0.395 e. The third-order valence-electron chi connectivity index (χ3n) is 2.83. The normalized spacial score (nSPS) is 17.4. The van der Waals surface area contributed by atoms with Crippen LogP contribution >= 0.6 is 0 Å². The highest BCUT2D eigenvalue weighted by Gasteiger charge is 2.23. The van der Waals surface area contributed by atoms with E-state index < -0.39 is 0 Å². The first-order valence-corrected chi connectivity index (χ1v) is 5.34. The van der Waals surface area contributed by atoms with Gasteiger partial charge < -0.3 is 5.11 Å². The quantitative estimate of drug-likeness (QED) is 0.480. The molecule has 1 aliphatic rings. The molecule has 0 unspecified atom stereocenters. The van der Waals surface area contributed by atoms with Crippen LogP contribution in [0.25, 0.3) is 0 Å². The summed E-state index contributed by atoms with van der Waals surface area (Å²) in [5.74, 6) is 0. The lowest BCUT2D eigenvalue weighted by Gasteiger charge is -2.37. The van der Waals surface area contributed by atoms with Gasteiger partial charge in [0.25, 0.3) is 0 Å². The Balaban J connectivity index is 2.16. The molecule has 0 aromatic heterocycles. The van der Waals surface area contributed by atoms with Crippen LogP contribution in [-0.2, 0) is 0 Å². The second kappa shape index (κ2) is 6.17. The molecule has 13 heavy (non-hydrogen) atoms. The third-order valence-corrected chi connectivity index (χ3v) is 2.83. The van der Waals surface area contributed by atoms with Crippen LogP contribution in [0.1, 0.15) is 32.1 Å². The number of hydrogen-bond donors (Lipinski definition) is 1. The molecule has 1 aliphatic carbocycles. The molecule has 1 fully saturated rings. The minimum Gasteiger partial charge on any atom is -0.395 e. The van der Waals surface area contributed by atoms with Crippen LogP contribution in [0.4, 0.5) is 0 Å². The monoisotopic (exact) mass is 183 g/mol. The van der Waals surface area contributed by atoms with E-state index in [4.69, 9.17) is 5.11 Å². The molecule has 1 rings (SSSR count). The van der Waals surface area contributed by atoms with Gasteiger partial charge in [-0.1, -0.05) is 12.5 Å². The number of rotatable bonds is 7. The van der Waals surface area contributed by atoms with Gasteiger partial charge in [-0.25, -0.2) is 0 Å². The first kappa shape index (κ1) is 10.7. The lowest BCUT2D eigenvalue weighted by Crippen LogP contribution is -2.42. The molecule has 1 saturated carbocycles. The number of nitrogens with zero attached hydrogens (tertiary/aromatic N) is 1. The van der Waals surface area contributed by atoms with E-state index >= 15 is 0 Å². The maximum atomic E-state index is 8.90. The minimum atomic E-state index is 0.296. The smallest absolute Gasteiger partial charge is 0.0558 e. The summed E-state index contributed by atoms with van der Waals surface area (Å²) in [6, 6.07) is 0.761. The highest BCUT2D eigenvalue weighted by atomic mass is 16.3. The maximum Gasteiger partial charge on any atom is 0.0558 e. The van der Waals surface area contributed by atoms with Crippen LogP contribution in [0.2, 0.25) is 0 Å². The van der Waals surface area contributed by atoms with E-state index in [0.717, 1.165) is 25.6 Å². The van der Waals surface area contributed by atoms with Gasteiger partial charge in [0.15, 0.2) is 0 Å². The van der Waals surface area contributed by atoms with E-state index in [9.17, 15) is 0 Å². The van der Waals surface area contributed by atoms with E-state index in [-0.39, 0.29) is 0 Å². The summed E-state index contributed by atoms with van der Waals surface area (Å²) < 4.78 is 0. The van der Waals surface area contributed by atoms with E-state index in [0.29, 0.717) is 6.61 Å². The zero-order valence-corrected chi connectivity index (χ0v) is 8.41. The fraction of sp³-hybridized carbons (Fsp3) is 0.818. The van der Waals surface area contributed by atoms with Crippen molar-refractivity contribution in [2.75, 3.05) is 19.7 Å². The number of unbranched alkanes of at least 4 members (excludes halogenated alkanes) is 1. The van der Waals surface area contributed by atoms with Crippen LogP contribution in [0, 0.1) is 0 Å². The topological polar surface area (TPSA) is 23.5 Å². The van der Waals surface area contributed by atoms with Crippen LogP contribution < -0.4 is 0 Å². The Morgan fingerprint density at radius 3 is 2.62 bits per heavy atom. The molecule has 0 spiro atoms. The first-order valence-electron chi connectivity index (χ1n) is 5.34. The van der Waals surface area contributed by atoms with Gasteiger partial charge in [-0.15, -0.1) is 6.58 Å². The van der Waals surface area contributed by atoms with Gasteiger partial charge in [0.2, 0.25) is 0 Å². The Morgan fingerprint density at radius 2 is 2.15 bits per heavy atom. The molecule has 1 N–H and O–H groups in total. The molecular weight excluding hydrogens is 162 g/mol. The summed E-state index contributed by atoms with van der Waals surface area (Å²) in [4.78, 5) is 2.42. The average molecular weight is 183 g/mol. The first-order chi connectivity index (χ1) is 6.38. The van der Waals surface area contributed by atoms with Crippen molar-refractivity contribution in [3.05, 3.63) is 12.7 Å². The highest BCUT2D eigenvalue weighted by Crippen LogP contribution is 2.24. The Labute approximate surface area is 81.2 Å². The molecule has 2 heteroatoms. The van der Waals surface area contributed by atoms with Crippen molar-refractivity contribution in [1.82, 2.24) is 4.90 Å². The lowest BCUT2D eigenvalue weighted by atomic mass is 9.91. The zero-order chi connectivity index (χ0) is 9.52. The summed E-state index contributed by atoms with van der Waals surface area (Å²) in [5, 5.41) is 8.90. The molecule has 0 amide bonds. The number of allylic oxidation sites excluding steroid dienone is 1. The molecule has 0 aliphatic heterocycles. The van der Waals surface area contributed by atoms with Gasteiger partial charge in [-0.3, -0.25) is 4.90 Å². The van der Waals surface area contributed by atoms with Crippen molar-refractivity contribution in [3.63, 3.8) is 0 Å². The molecule has 0 aromatic rings. The van der Waals surface area contributed by atoms with E-state index in [1.54, 1.807) is 0 Å². The second-order valence-electron chi connectivity index (χ2n) is 3.78. The molecular formula is C11H21NO. The molecule has 0 atom stereocenters. The Bertz CT molecular complexity index is 143. The molecule has 0 aromatic carbocycles. The zero-order valence-electron chi connectivity index (χ0n) is 8.41. The van der Waals surface area contributed by atoms with Gasteiger partial charge in [-0.2, -0.15) is 0 Å². The van der Waals surface area contributed by atoms with Gasteiger partial charge in [0, 0.05) is 12.6 Å². The van der Waals surface area contributed by atoms with Crippen molar-refractivity contribution >= 4 is 0 Å². The molecule has 0 heterocycles. The summed E-state index contributed by atoms with van der Waals surface area (Å²) in [7, 11) is 0. The van der Waals surface area contributed by atoms with E-state index in [1.165, 1.54) is 25.7 Å². The Hall–Kier alpha value is -0.340. The van der Waals surface area contributed by atoms with Crippen molar-refractivity contribution in [2.24, 2.45) is 0 Å². The SMILES string of the molecule is C=CCCCN(CCO)C1CCC1. The van der Waals surface area contributed by atoms with Gasteiger partial charge >= 0.3 is 0 Å². The van der Waals surface area contributed by atoms with Crippen molar-refractivity contribution in [2.45, 2.75) is 38.1 Å². The van der Waals surface area contributed by atoms with E-state index in [2.05, 4.69) is 11.5 Å². The summed E-state index contributed by atoms with van der Waals surface area (Å²) in [5.41, 5.74) is 0. The predicted octanol–water partition coefficient (Wildman–Crippen LogP) is 1.80. The molecule has 0 bridgehead atoms. The Kier molecular flexibility index (Phi) is 5.09. The molecule has 76 valence electrons. The fourth-order valence-corrected chi connectivity index (χ4v) is 1.80. The highest BCUT2D eigenvalue weighted by molar-refractivity contribution is 4.80. The van der Waals surface area contributed by atoms with Crippen molar-refractivity contribution in [1.29, 1.82) is 0 Å². The number of aliphatic hydroxyl groups is 1. The third kappa shape index (κ3) is 3.49. The minimum absolute atomic E-state index is 0.296. The number of aliphatic hydroxyl groups excluding tert-OH is 1. The Morgan fingerprint density at radius 1 is 1.38 bits per heavy atom.